The number of alkyl halides is 1. The highest BCUT2D eigenvalue weighted by molar-refractivity contribution is 14.1. The monoisotopic (exact) mass is 549 g/mol. The Morgan fingerprint density at radius 2 is 1.88 bits per heavy atom. The molecule has 0 fully saturated rings. The van der Waals surface area contributed by atoms with Crippen molar-refractivity contribution in [3.05, 3.63) is 64.7 Å². The Kier molecular flexibility index (Phi) is 9.98. The van der Waals surface area contributed by atoms with Crippen LogP contribution in [-0.2, 0) is 21.3 Å². The molecule has 0 radical (unpaired) electrons. The number of carbonyl (C=O) groups is 1. The number of ether oxygens (including phenoxy) is 3. The molecule has 0 saturated heterocycles. The third kappa shape index (κ3) is 6.02. The Morgan fingerprint density at radius 3 is 2.47 bits per heavy atom. The second-order valence-electron chi connectivity index (χ2n) is 8.15. The number of nitriles is 1. The van der Waals surface area contributed by atoms with E-state index in [0.717, 1.165) is 48.1 Å². The fourth-order valence-corrected chi connectivity index (χ4v) is 4.52. The van der Waals surface area contributed by atoms with E-state index in [2.05, 4.69) is 48.6 Å². The van der Waals surface area contributed by atoms with Crippen LogP contribution in [-0.4, -0.2) is 27.3 Å². The van der Waals surface area contributed by atoms with Crippen LogP contribution in [0.15, 0.2) is 42.5 Å². The van der Waals surface area contributed by atoms with Crippen molar-refractivity contribution in [2.24, 2.45) is 5.92 Å². The van der Waals surface area contributed by atoms with Crippen molar-refractivity contribution in [2.45, 2.75) is 49.1 Å². The van der Waals surface area contributed by atoms with Crippen molar-refractivity contribution in [1.82, 2.24) is 0 Å². The maximum atomic E-state index is 11.8. The highest BCUT2D eigenvalue weighted by atomic mass is 127. The first-order chi connectivity index (χ1) is 15.3. The summed E-state index contributed by atoms with van der Waals surface area (Å²) in [7, 11) is 4.70. The first kappa shape index (κ1) is 26.1. The first-order valence-corrected chi connectivity index (χ1v) is 12.0. The molecule has 0 heterocycles. The summed E-state index contributed by atoms with van der Waals surface area (Å²) in [5, 5.41) is 10.3. The van der Waals surface area contributed by atoms with Gasteiger partial charge in [0.2, 0.25) is 0 Å². The number of rotatable bonds is 11. The average Bonchev–Trinajstić information content (AvgIpc) is 2.82. The van der Waals surface area contributed by atoms with Crippen LogP contribution in [0.1, 0.15) is 64.3 Å². The molecule has 0 aromatic heterocycles. The molecule has 5 nitrogen and oxygen atoms in total. The number of carbonyl (C=O) groups excluding carboxylic acids is 1. The van der Waals surface area contributed by atoms with Gasteiger partial charge < -0.3 is 14.2 Å². The quantitative estimate of drug-likeness (QED) is 0.141. The summed E-state index contributed by atoms with van der Waals surface area (Å²) in [5.41, 5.74) is 3.00. The maximum absolute atomic E-state index is 11.8. The largest absolute Gasteiger partial charge is 0.496 e. The summed E-state index contributed by atoms with van der Waals surface area (Å²) in [6.45, 7) is 4.20. The SMILES string of the molecule is COC(=O)c1cccc(CCCCC(C#N)(c2ccc(OC)c(C(I)OC)c2)C(C)C)c1. The number of halogens is 1. The summed E-state index contributed by atoms with van der Waals surface area (Å²) in [4.78, 5) is 11.8. The van der Waals surface area contributed by atoms with Gasteiger partial charge in [-0.15, -0.1) is 0 Å². The molecule has 2 unspecified atom stereocenters. The normalized spacial score (nSPS) is 13.8. The highest BCUT2D eigenvalue weighted by Gasteiger charge is 2.36. The van der Waals surface area contributed by atoms with Gasteiger partial charge in [-0.3, -0.25) is 0 Å². The van der Waals surface area contributed by atoms with E-state index in [4.69, 9.17) is 14.2 Å². The minimum atomic E-state index is -0.598. The van der Waals surface area contributed by atoms with E-state index >= 15 is 0 Å². The summed E-state index contributed by atoms with van der Waals surface area (Å²) in [5.74, 6) is 0.581. The zero-order chi connectivity index (χ0) is 23.7. The molecule has 0 amide bonds. The second kappa shape index (κ2) is 12.2. The van der Waals surface area contributed by atoms with Gasteiger partial charge in [-0.05, 0) is 83.2 Å². The number of hydrogen-bond acceptors (Lipinski definition) is 5. The van der Waals surface area contributed by atoms with Crippen molar-refractivity contribution < 1.29 is 19.0 Å². The fourth-order valence-electron chi connectivity index (χ4n) is 4.04. The molecular formula is C26H32INO4. The Labute approximate surface area is 205 Å². The molecule has 172 valence electrons. The Morgan fingerprint density at radius 1 is 1.12 bits per heavy atom. The van der Waals surface area contributed by atoms with Crippen molar-refractivity contribution in [3.8, 4) is 11.8 Å². The van der Waals surface area contributed by atoms with Gasteiger partial charge in [0.1, 0.15) is 9.86 Å². The van der Waals surface area contributed by atoms with Gasteiger partial charge in [0, 0.05) is 12.7 Å². The third-order valence-corrected chi connectivity index (χ3v) is 7.20. The van der Waals surface area contributed by atoms with Crippen LogP contribution in [0, 0.1) is 17.2 Å². The molecule has 0 aliphatic rings. The molecule has 2 aromatic rings. The molecule has 6 heteroatoms. The lowest BCUT2D eigenvalue weighted by Gasteiger charge is -2.32. The average molecular weight is 549 g/mol. The molecule has 0 spiro atoms. The molecule has 32 heavy (non-hydrogen) atoms. The number of aryl methyl sites for hydroxylation is 1. The number of methoxy groups -OCH3 is 3. The van der Waals surface area contributed by atoms with E-state index < -0.39 is 5.41 Å². The zero-order valence-corrected chi connectivity index (χ0v) is 21.6. The Balaban J connectivity index is 2.19. The van der Waals surface area contributed by atoms with Crippen molar-refractivity contribution in [2.75, 3.05) is 21.3 Å². The third-order valence-electron chi connectivity index (χ3n) is 6.02. The van der Waals surface area contributed by atoms with E-state index in [1.807, 2.05) is 30.3 Å². The predicted octanol–water partition coefficient (Wildman–Crippen LogP) is 6.39. The summed E-state index contributed by atoms with van der Waals surface area (Å²) < 4.78 is 15.7. The molecule has 2 rings (SSSR count). The number of hydrogen-bond donors (Lipinski definition) is 0. The van der Waals surface area contributed by atoms with Crippen LogP contribution in [0.4, 0.5) is 0 Å². The molecule has 2 atom stereocenters. The Bertz CT molecular complexity index is 953. The lowest BCUT2D eigenvalue weighted by molar-refractivity contribution is 0.0600. The van der Waals surface area contributed by atoms with Gasteiger partial charge in [0.25, 0.3) is 0 Å². The number of benzene rings is 2. The number of esters is 1. The number of nitrogens with zero attached hydrogens (tertiary/aromatic N) is 1. The summed E-state index contributed by atoms with van der Waals surface area (Å²) >= 11 is 2.23. The van der Waals surface area contributed by atoms with Crippen LogP contribution in [0.3, 0.4) is 0 Å². The van der Waals surface area contributed by atoms with Crippen molar-refractivity contribution in [1.29, 1.82) is 5.26 Å². The van der Waals surface area contributed by atoms with Gasteiger partial charge in [0.15, 0.2) is 0 Å². The van der Waals surface area contributed by atoms with Gasteiger partial charge in [-0.2, -0.15) is 5.26 Å². The fraction of sp³-hybridized carbons (Fsp3) is 0.462. The van der Waals surface area contributed by atoms with Crippen LogP contribution in [0.5, 0.6) is 5.75 Å². The summed E-state index contributed by atoms with van der Waals surface area (Å²) in [6.07, 6.45) is 3.42. The molecule has 0 aliphatic heterocycles. The Hall–Kier alpha value is -2.11. The van der Waals surface area contributed by atoms with Crippen LogP contribution < -0.4 is 4.74 Å². The lowest BCUT2D eigenvalue weighted by atomic mass is 9.69. The van der Waals surface area contributed by atoms with Crippen LogP contribution >= 0.6 is 22.6 Å². The van der Waals surface area contributed by atoms with Crippen molar-refractivity contribution in [3.63, 3.8) is 0 Å². The lowest BCUT2D eigenvalue weighted by Crippen LogP contribution is -2.31. The molecule has 0 N–H and O–H groups in total. The van der Waals surface area contributed by atoms with Crippen LogP contribution in [0.2, 0.25) is 0 Å². The van der Waals surface area contributed by atoms with Crippen molar-refractivity contribution >= 4 is 28.6 Å². The van der Waals surface area contributed by atoms with Gasteiger partial charge in [-0.25, -0.2) is 4.79 Å². The van der Waals surface area contributed by atoms with E-state index in [0.29, 0.717) is 5.56 Å². The zero-order valence-electron chi connectivity index (χ0n) is 19.5. The van der Waals surface area contributed by atoms with Gasteiger partial charge >= 0.3 is 5.97 Å². The van der Waals surface area contributed by atoms with Gasteiger partial charge in [0.05, 0.1) is 31.3 Å². The molecule has 0 bridgehead atoms. The minimum absolute atomic E-state index is 0.145. The minimum Gasteiger partial charge on any atom is -0.496 e. The topological polar surface area (TPSA) is 68.6 Å². The van der Waals surface area contributed by atoms with E-state index in [1.165, 1.54) is 7.11 Å². The number of unbranched alkanes of at least 4 members (excludes halogenated alkanes) is 1. The molecule has 0 saturated carbocycles. The first-order valence-electron chi connectivity index (χ1n) is 10.8. The van der Waals surface area contributed by atoms with E-state index in [-0.39, 0.29) is 16.0 Å². The highest BCUT2D eigenvalue weighted by Crippen LogP contribution is 2.41. The molecule has 2 aromatic carbocycles. The summed E-state index contributed by atoms with van der Waals surface area (Å²) in [6, 6.07) is 16.2. The standard InChI is InChI=1S/C26H32INO4/c1-18(2)26(17-28,21-12-13-23(30-3)22(16-21)24(27)31-4)14-7-6-9-19-10-8-11-20(15-19)25(29)32-5/h8,10-13,15-16,18,24H,6-7,9,14H2,1-5H3. The molecule has 0 aliphatic carbocycles. The van der Waals surface area contributed by atoms with E-state index in [9.17, 15) is 10.1 Å². The maximum Gasteiger partial charge on any atom is 0.337 e. The molecular weight excluding hydrogens is 517 g/mol. The van der Waals surface area contributed by atoms with Gasteiger partial charge in [-0.1, -0.05) is 38.5 Å². The predicted molar refractivity (Wildman–Crippen MR) is 134 cm³/mol. The van der Waals surface area contributed by atoms with Crippen LogP contribution in [0.25, 0.3) is 0 Å². The second-order valence-corrected chi connectivity index (χ2v) is 9.28. The van der Waals surface area contributed by atoms with E-state index in [1.54, 1.807) is 20.3 Å². The smallest absolute Gasteiger partial charge is 0.337 e.